The number of carbonyl (C=O) groups is 1. The third kappa shape index (κ3) is 4.01. The summed E-state index contributed by atoms with van der Waals surface area (Å²) in [5.41, 5.74) is 0.0551. The van der Waals surface area contributed by atoms with E-state index in [1.807, 2.05) is 17.0 Å². The fourth-order valence-corrected chi connectivity index (χ4v) is 4.53. The third-order valence-corrected chi connectivity index (χ3v) is 4.48. The van der Waals surface area contributed by atoms with Gasteiger partial charge in [0.25, 0.3) is 0 Å². The molecule has 0 unspecified atom stereocenters. The fraction of sp³-hybridized carbons (Fsp3) is 0.417. The molecule has 0 bridgehead atoms. The molecule has 0 saturated carbocycles. The van der Waals surface area contributed by atoms with Crippen molar-refractivity contribution in [3.05, 3.63) is 25.6 Å². The molecule has 0 spiro atoms. The number of rotatable bonds is 3. The molecule has 19 heavy (non-hydrogen) atoms. The molecule has 2 rings (SSSR count). The van der Waals surface area contributed by atoms with Gasteiger partial charge < -0.3 is 10.4 Å². The maximum Gasteiger partial charge on any atom is 0.238 e. The molecule has 104 valence electrons. The van der Waals surface area contributed by atoms with Gasteiger partial charge in [-0.2, -0.15) is 0 Å². The first kappa shape index (κ1) is 15.4. The highest BCUT2D eigenvalue weighted by atomic mass is 79.9. The van der Waals surface area contributed by atoms with Gasteiger partial charge in [-0.1, -0.05) is 15.9 Å². The van der Waals surface area contributed by atoms with E-state index >= 15 is 0 Å². The summed E-state index contributed by atoms with van der Waals surface area (Å²) >= 11 is 10.2. The average Bonchev–Trinajstić information content (AvgIpc) is 2.20. The molecule has 0 aliphatic carbocycles. The van der Waals surface area contributed by atoms with Crippen LogP contribution in [0.5, 0.6) is 0 Å². The number of benzene rings is 1. The first-order chi connectivity index (χ1) is 8.77. The van der Waals surface area contributed by atoms with E-state index in [9.17, 15) is 9.90 Å². The van der Waals surface area contributed by atoms with Crippen LogP contribution in [0.15, 0.2) is 25.6 Å². The number of nitrogens with zero attached hydrogens (tertiary/aromatic N) is 1. The van der Waals surface area contributed by atoms with Crippen molar-refractivity contribution in [2.45, 2.75) is 12.5 Å². The zero-order valence-electron chi connectivity index (χ0n) is 10.2. The van der Waals surface area contributed by atoms with E-state index in [1.165, 1.54) is 0 Å². The minimum atomic E-state index is -0.654. The molecular formula is C12H13Br3N2O2. The van der Waals surface area contributed by atoms with Gasteiger partial charge in [0.2, 0.25) is 5.91 Å². The summed E-state index contributed by atoms with van der Waals surface area (Å²) in [6.45, 7) is 3.11. The van der Waals surface area contributed by atoms with Crippen molar-refractivity contribution in [1.82, 2.24) is 4.90 Å². The Labute approximate surface area is 136 Å². The Morgan fingerprint density at radius 1 is 1.37 bits per heavy atom. The molecule has 1 amide bonds. The van der Waals surface area contributed by atoms with E-state index in [0.29, 0.717) is 18.8 Å². The number of likely N-dealkylation sites (tertiary alicyclic amines) is 1. The molecule has 4 nitrogen and oxygen atoms in total. The van der Waals surface area contributed by atoms with Gasteiger partial charge in [-0.15, -0.1) is 0 Å². The van der Waals surface area contributed by atoms with E-state index in [4.69, 9.17) is 0 Å². The summed E-state index contributed by atoms with van der Waals surface area (Å²) in [6, 6.07) is 3.74. The maximum absolute atomic E-state index is 11.9. The molecule has 1 aromatic carbocycles. The van der Waals surface area contributed by atoms with Crippen molar-refractivity contribution in [2.75, 3.05) is 25.0 Å². The Kier molecular flexibility index (Phi) is 4.72. The van der Waals surface area contributed by atoms with E-state index in [-0.39, 0.29) is 12.5 Å². The van der Waals surface area contributed by atoms with E-state index in [2.05, 4.69) is 53.1 Å². The Morgan fingerprint density at radius 3 is 2.37 bits per heavy atom. The lowest BCUT2D eigenvalue weighted by molar-refractivity contribution is -0.125. The number of amides is 1. The van der Waals surface area contributed by atoms with E-state index in [1.54, 1.807) is 6.92 Å². The van der Waals surface area contributed by atoms with Crippen LogP contribution in [0.25, 0.3) is 0 Å². The number of halogens is 3. The van der Waals surface area contributed by atoms with Crippen LogP contribution < -0.4 is 5.32 Å². The number of β-amino-alcohol motifs (C(OH)–C–C–N with tert-alkyl or cyclic N) is 1. The topological polar surface area (TPSA) is 52.6 Å². The molecular weight excluding hydrogens is 444 g/mol. The van der Waals surface area contributed by atoms with E-state index < -0.39 is 5.60 Å². The lowest BCUT2D eigenvalue weighted by atomic mass is 9.97. The summed E-state index contributed by atoms with van der Waals surface area (Å²) in [5, 5.41) is 12.5. The van der Waals surface area contributed by atoms with Gasteiger partial charge in [0.1, 0.15) is 0 Å². The Bertz CT molecular complexity index is 489. The lowest BCUT2D eigenvalue weighted by Gasteiger charge is -2.43. The number of anilines is 1. The van der Waals surface area contributed by atoms with Crippen LogP contribution in [-0.2, 0) is 4.79 Å². The van der Waals surface area contributed by atoms with Crippen LogP contribution in [0, 0.1) is 0 Å². The highest BCUT2D eigenvalue weighted by Crippen LogP contribution is 2.34. The normalized spacial score (nSPS) is 17.9. The largest absolute Gasteiger partial charge is 0.388 e. The predicted octanol–water partition coefficient (Wildman–Crippen LogP) is 2.98. The molecule has 2 N–H and O–H groups in total. The van der Waals surface area contributed by atoms with Gasteiger partial charge in [0, 0.05) is 26.5 Å². The molecule has 1 heterocycles. The smallest absolute Gasteiger partial charge is 0.238 e. The third-order valence-electron chi connectivity index (χ3n) is 2.77. The molecule has 1 aliphatic rings. The van der Waals surface area contributed by atoms with E-state index in [0.717, 1.165) is 13.4 Å². The summed E-state index contributed by atoms with van der Waals surface area (Å²) in [6.07, 6.45) is 0. The number of hydrogen-bond acceptors (Lipinski definition) is 3. The highest BCUT2D eigenvalue weighted by Gasteiger charge is 2.37. The van der Waals surface area contributed by atoms with Crippen molar-refractivity contribution in [3.8, 4) is 0 Å². The van der Waals surface area contributed by atoms with Gasteiger partial charge in [0.05, 0.1) is 17.8 Å². The van der Waals surface area contributed by atoms with Crippen LogP contribution in [0.1, 0.15) is 6.92 Å². The van der Waals surface area contributed by atoms with Gasteiger partial charge in [-0.25, -0.2) is 0 Å². The Balaban J connectivity index is 1.96. The summed E-state index contributed by atoms with van der Waals surface area (Å²) in [4.78, 5) is 13.8. The standard InChI is InChI=1S/C12H13Br3N2O2/c1-12(19)5-17(6-12)4-10(18)16-11-8(14)2-7(13)3-9(11)15/h2-3,19H,4-6H2,1H3,(H,16,18). The zero-order chi connectivity index (χ0) is 14.2. The zero-order valence-corrected chi connectivity index (χ0v) is 15.0. The summed E-state index contributed by atoms with van der Waals surface area (Å²) in [5.74, 6) is -0.0979. The Morgan fingerprint density at radius 2 is 1.89 bits per heavy atom. The van der Waals surface area contributed by atoms with Crippen LogP contribution in [0.3, 0.4) is 0 Å². The molecule has 1 saturated heterocycles. The van der Waals surface area contributed by atoms with Gasteiger partial charge in [-0.05, 0) is 50.9 Å². The quantitative estimate of drug-likeness (QED) is 0.735. The molecule has 1 fully saturated rings. The number of nitrogens with one attached hydrogen (secondary N) is 1. The number of aliphatic hydroxyl groups is 1. The first-order valence-electron chi connectivity index (χ1n) is 5.66. The second-order valence-corrected chi connectivity index (χ2v) is 7.56. The van der Waals surface area contributed by atoms with Gasteiger partial charge in [0.15, 0.2) is 0 Å². The van der Waals surface area contributed by atoms with Crippen molar-refractivity contribution in [1.29, 1.82) is 0 Å². The SMILES string of the molecule is CC1(O)CN(CC(=O)Nc2c(Br)cc(Br)cc2Br)C1. The van der Waals surface area contributed by atoms with Crippen molar-refractivity contribution >= 4 is 59.4 Å². The van der Waals surface area contributed by atoms with Gasteiger partial charge in [-0.3, -0.25) is 9.69 Å². The van der Waals surface area contributed by atoms with Crippen molar-refractivity contribution in [2.24, 2.45) is 0 Å². The van der Waals surface area contributed by atoms with Crippen molar-refractivity contribution in [3.63, 3.8) is 0 Å². The minimum absolute atomic E-state index is 0.0979. The van der Waals surface area contributed by atoms with Crippen LogP contribution in [-0.4, -0.2) is 41.1 Å². The van der Waals surface area contributed by atoms with Crippen molar-refractivity contribution < 1.29 is 9.90 Å². The molecule has 1 aromatic rings. The monoisotopic (exact) mass is 454 g/mol. The molecule has 0 atom stereocenters. The molecule has 1 aliphatic heterocycles. The highest BCUT2D eigenvalue weighted by molar-refractivity contribution is 9.11. The molecule has 0 aromatic heterocycles. The summed E-state index contributed by atoms with van der Waals surface area (Å²) < 4.78 is 2.53. The molecule has 7 heteroatoms. The number of hydrogen-bond donors (Lipinski definition) is 2. The molecule has 0 radical (unpaired) electrons. The van der Waals surface area contributed by atoms with Gasteiger partial charge >= 0.3 is 0 Å². The number of carbonyl (C=O) groups excluding carboxylic acids is 1. The second-order valence-electron chi connectivity index (χ2n) is 4.93. The lowest BCUT2D eigenvalue weighted by Crippen LogP contribution is -2.61. The van der Waals surface area contributed by atoms with Crippen LogP contribution in [0.2, 0.25) is 0 Å². The van der Waals surface area contributed by atoms with Crippen LogP contribution >= 0.6 is 47.8 Å². The summed E-state index contributed by atoms with van der Waals surface area (Å²) in [7, 11) is 0. The first-order valence-corrected chi connectivity index (χ1v) is 8.04. The predicted molar refractivity (Wildman–Crippen MR) is 85.2 cm³/mol. The maximum atomic E-state index is 11.9. The Hall–Kier alpha value is 0.0500. The minimum Gasteiger partial charge on any atom is -0.388 e. The second kappa shape index (κ2) is 5.81. The van der Waals surface area contributed by atoms with Crippen LogP contribution in [0.4, 0.5) is 5.69 Å². The fourth-order valence-electron chi connectivity index (χ4n) is 2.07. The average molecular weight is 457 g/mol.